The third-order valence-electron chi connectivity index (χ3n) is 3.51. The van der Waals surface area contributed by atoms with Crippen molar-refractivity contribution in [2.24, 2.45) is 0 Å². The minimum absolute atomic E-state index is 0.0955. The Hall–Kier alpha value is -1.74. The molecule has 128 valence electrons. The highest BCUT2D eigenvalue weighted by molar-refractivity contribution is 7.90. The number of nitrogens with one attached hydrogen (secondary N) is 2. The molecule has 9 heteroatoms. The van der Waals surface area contributed by atoms with Crippen LogP contribution in [0.15, 0.2) is 17.0 Å². The van der Waals surface area contributed by atoms with Crippen LogP contribution in [0.5, 0.6) is 0 Å². The number of ether oxygens (including phenoxy) is 1. The summed E-state index contributed by atoms with van der Waals surface area (Å²) >= 11 is 0. The standard InChI is InChI=1S/C14H18F2N2O4S/c1-8(12-4-3-5-22-12)17-14(19)18-9-6-10(15)13(11(16)7-9)23(2,20)21/h6-8,12H,3-5H2,1-2H3,(H2,17,18,19)/t8-,12-/m1/s1. The van der Waals surface area contributed by atoms with Crippen molar-refractivity contribution in [1.29, 1.82) is 0 Å². The third kappa shape index (κ3) is 4.38. The smallest absolute Gasteiger partial charge is 0.319 e. The van der Waals surface area contributed by atoms with Crippen molar-refractivity contribution in [1.82, 2.24) is 5.32 Å². The molecule has 1 aromatic carbocycles. The number of carbonyl (C=O) groups excluding carboxylic acids is 1. The van der Waals surface area contributed by atoms with E-state index in [2.05, 4.69) is 10.6 Å². The number of carbonyl (C=O) groups is 1. The Bertz CT molecular complexity index is 680. The molecule has 0 radical (unpaired) electrons. The molecule has 1 aliphatic heterocycles. The van der Waals surface area contributed by atoms with E-state index in [1.54, 1.807) is 6.92 Å². The summed E-state index contributed by atoms with van der Waals surface area (Å²) in [6.07, 6.45) is 2.36. The lowest BCUT2D eigenvalue weighted by atomic mass is 10.1. The number of hydrogen-bond donors (Lipinski definition) is 2. The van der Waals surface area contributed by atoms with Gasteiger partial charge in [0.15, 0.2) is 9.84 Å². The number of anilines is 1. The minimum Gasteiger partial charge on any atom is -0.376 e. The molecule has 1 fully saturated rings. The van der Waals surface area contributed by atoms with Crippen molar-refractivity contribution in [2.45, 2.75) is 36.8 Å². The van der Waals surface area contributed by atoms with Crippen molar-refractivity contribution in [3.8, 4) is 0 Å². The molecular formula is C14H18F2N2O4S. The van der Waals surface area contributed by atoms with Gasteiger partial charge in [-0.1, -0.05) is 0 Å². The maximum atomic E-state index is 13.8. The van der Waals surface area contributed by atoms with Crippen LogP contribution in [0.25, 0.3) is 0 Å². The van der Waals surface area contributed by atoms with Crippen LogP contribution in [0.2, 0.25) is 0 Å². The van der Waals surface area contributed by atoms with Gasteiger partial charge >= 0.3 is 6.03 Å². The molecule has 0 spiro atoms. The number of amides is 2. The molecule has 0 aromatic heterocycles. The second kappa shape index (κ2) is 6.79. The summed E-state index contributed by atoms with van der Waals surface area (Å²) in [7, 11) is -4.03. The monoisotopic (exact) mass is 348 g/mol. The summed E-state index contributed by atoms with van der Waals surface area (Å²) in [5, 5.41) is 4.89. The topological polar surface area (TPSA) is 84.5 Å². The highest BCUT2D eigenvalue weighted by Gasteiger charge is 2.24. The van der Waals surface area contributed by atoms with Crippen LogP contribution in [-0.2, 0) is 14.6 Å². The first-order chi connectivity index (χ1) is 10.7. The van der Waals surface area contributed by atoms with E-state index >= 15 is 0 Å². The van der Waals surface area contributed by atoms with Crippen molar-refractivity contribution in [2.75, 3.05) is 18.2 Å². The Kier molecular flexibility index (Phi) is 5.20. The van der Waals surface area contributed by atoms with Crippen LogP contribution < -0.4 is 10.6 Å². The summed E-state index contributed by atoms with van der Waals surface area (Å²) in [5.41, 5.74) is -0.176. The molecule has 1 aromatic rings. The first-order valence-corrected chi connectivity index (χ1v) is 8.96. The molecule has 2 atom stereocenters. The second-order valence-corrected chi connectivity index (χ2v) is 7.43. The molecular weight excluding hydrogens is 330 g/mol. The maximum Gasteiger partial charge on any atom is 0.319 e. The van der Waals surface area contributed by atoms with Crippen LogP contribution in [0.3, 0.4) is 0 Å². The lowest BCUT2D eigenvalue weighted by Crippen LogP contribution is -2.43. The van der Waals surface area contributed by atoms with Gasteiger partial charge in [0.25, 0.3) is 0 Å². The quantitative estimate of drug-likeness (QED) is 0.872. The zero-order chi connectivity index (χ0) is 17.2. The van der Waals surface area contributed by atoms with Crippen molar-refractivity contribution in [3.63, 3.8) is 0 Å². The Morgan fingerprint density at radius 2 is 1.96 bits per heavy atom. The van der Waals surface area contributed by atoms with E-state index in [4.69, 9.17) is 4.74 Å². The maximum absolute atomic E-state index is 13.8. The van der Waals surface area contributed by atoms with E-state index in [-0.39, 0.29) is 17.8 Å². The molecule has 1 saturated heterocycles. The highest BCUT2D eigenvalue weighted by atomic mass is 32.2. The van der Waals surface area contributed by atoms with Crippen molar-refractivity contribution >= 4 is 21.6 Å². The zero-order valence-electron chi connectivity index (χ0n) is 12.7. The lowest BCUT2D eigenvalue weighted by molar-refractivity contribution is 0.0868. The summed E-state index contributed by atoms with van der Waals surface area (Å²) < 4.78 is 55.6. The predicted molar refractivity (Wildman–Crippen MR) is 80.1 cm³/mol. The van der Waals surface area contributed by atoms with E-state index < -0.39 is 32.4 Å². The molecule has 2 rings (SSSR count). The van der Waals surface area contributed by atoms with Gasteiger partial charge in [0.1, 0.15) is 16.5 Å². The van der Waals surface area contributed by atoms with Crippen LogP contribution >= 0.6 is 0 Å². The largest absolute Gasteiger partial charge is 0.376 e. The average molecular weight is 348 g/mol. The van der Waals surface area contributed by atoms with Crippen LogP contribution in [0.4, 0.5) is 19.3 Å². The van der Waals surface area contributed by atoms with E-state index in [1.807, 2.05) is 0 Å². The lowest BCUT2D eigenvalue weighted by Gasteiger charge is -2.20. The van der Waals surface area contributed by atoms with Gasteiger partial charge < -0.3 is 15.4 Å². The van der Waals surface area contributed by atoms with Crippen LogP contribution in [-0.4, -0.2) is 39.5 Å². The fourth-order valence-electron chi connectivity index (χ4n) is 2.45. The number of benzene rings is 1. The van der Waals surface area contributed by atoms with E-state index in [9.17, 15) is 22.0 Å². The summed E-state index contributed by atoms with van der Waals surface area (Å²) in [6, 6.07) is 0.604. The van der Waals surface area contributed by atoms with Gasteiger partial charge in [0.2, 0.25) is 0 Å². The summed E-state index contributed by atoms with van der Waals surface area (Å²) in [6.45, 7) is 2.41. The molecule has 0 bridgehead atoms. The fourth-order valence-corrected chi connectivity index (χ4v) is 3.28. The number of hydrogen-bond acceptors (Lipinski definition) is 4. The summed E-state index contributed by atoms with van der Waals surface area (Å²) in [4.78, 5) is 10.8. The molecule has 2 N–H and O–H groups in total. The van der Waals surface area contributed by atoms with E-state index in [1.165, 1.54) is 0 Å². The number of halogens is 2. The normalized spacial score (nSPS) is 19.4. The predicted octanol–water partition coefficient (Wildman–Crippen LogP) is 2.06. The number of urea groups is 1. The van der Waals surface area contributed by atoms with Crippen LogP contribution in [0.1, 0.15) is 19.8 Å². The van der Waals surface area contributed by atoms with Gasteiger partial charge in [-0.25, -0.2) is 22.0 Å². The third-order valence-corrected chi connectivity index (χ3v) is 4.64. The average Bonchev–Trinajstić information content (AvgIpc) is 2.89. The Labute approximate surface area is 133 Å². The Balaban J connectivity index is 2.07. The SMILES string of the molecule is C[C@@H](NC(=O)Nc1cc(F)c(S(C)(=O)=O)c(F)c1)[C@H]1CCCO1. The number of rotatable bonds is 4. The molecule has 1 heterocycles. The molecule has 1 aliphatic rings. The molecule has 0 saturated carbocycles. The van der Waals surface area contributed by atoms with Gasteiger partial charge in [-0.05, 0) is 31.9 Å². The van der Waals surface area contributed by atoms with E-state index in [0.29, 0.717) is 12.9 Å². The van der Waals surface area contributed by atoms with Gasteiger partial charge in [0, 0.05) is 18.6 Å². The fraction of sp³-hybridized carbons (Fsp3) is 0.500. The minimum atomic E-state index is -4.03. The van der Waals surface area contributed by atoms with Gasteiger partial charge in [0.05, 0.1) is 12.1 Å². The Morgan fingerprint density at radius 3 is 2.43 bits per heavy atom. The zero-order valence-corrected chi connectivity index (χ0v) is 13.5. The second-order valence-electron chi connectivity index (χ2n) is 5.48. The highest BCUT2D eigenvalue weighted by Crippen LogP contribution is 2.23. The molecule has 23 heavy (non-hydrogen) atoms. The molecule has 0 aliphatic carbocycles. The molecule has 6 nitrogen and oxygen atoms in total. The van der Waals surface area contributed by atoms with Crippen LogP contribution in [0, 0.1) is 11.6 Å². The summed E-state index contributed by atoms with van der Waals surface area (Å²) in [5.74, 6) is -2.51. The molecule has 0 unspecified atom stereocenters. The van der Waals surface area contributed by atoms with Gasteiger partial charge in [-0.2, -0.15) is 0 Å². The van der Waals surface area contributed by atoms with Crippen molar-refractivity contribution in [3.05, 3.63) is 23.8 Å². The van der Waals surface area contributed by atoms with Gasteiger partial charge in [-0.3, -0.25) is 0 Å². The van der Waals surface area contributed by atoms with Crippen molar-refractivity contribution < 1.29 is 26.7 Å². The first kappa shape index (κ1) is 17.6. The number of sulfone groups is 1. The Morgan fingerprint density at radius 1 is 1.35 bits per heavy atom. The first-order valence-electron chi connectivity index (χ1n) is 7.06. The van der Waals surface area contributed by atoms with Gasteiger partial charge in [-0.15, -0.1) is 0 Å². The molecule has 2 amide bonds. The van der Waals surface area contributed by atoms with E-state index in [0.717, 1.165) is 25.0 Å².